The Balaban J connectivity index is 1.06. The van der Waals surface area contributed by atoms with Crippen LogP contribution in [0.15, 0.2) is 11.6 Å². The van der Waals surface area contributed by atoms with Gasteiger partial charge in [-0.15, -0.1) is 0 Å². The van der Waals surface area contributed by atoms with Crippen molar-refractivity contribution in [1.82, 2.24) is 0 Å². The van der Waals surface area contributed by atoms with Crippen molar-refractivity contribution in [2.75, 3.05) is 13.2 Å². The molecule has 0 amide bonds. The van der Waals surface area contributed by atoms with Gasteiger partial charge in [-0.05, 0) is 86.5 Å². The van der Waals surface area contributed by atoms with Gasteiger partial charge in [-0.25, -0.2) is 4.79 Å². The van der Waals surface area contributed by atoms with Gasteiger partial charge in [0.05, 0.1) is 30.5 Å². The fourth-order valence-electron chi connectivity index (χ4n) is 11.3. The molecule has 278 valence electrons. The van der Waals surface area contributed by atoms with E-state index in [1.54, 1.807) is 13.0 Å². The SMILES string of the molecule is C[C@@H]1O[C@@H](O[C@@H]2C[C@H]3CC[C@@H]4[C@H](CC[C@]5(C)[C@H](C6=CC(=O)OC6)CC[C@]45O)[C@@]3(C)[C@H](O)C2)[C@H](O[C@@H]2O[C@H](CO)[C@@H](O)[C@H](O)[C@H]2O)[C@H](O)[C@H]1O. The minimum Gasteiger partial charge on any atom is -0.458 e. The smallest absolute Gasteiger partial charge is 0.331 e. The van der Waals surface area contributed by atoms with E-state index in [0.717, 1.165) is 37.7 Å². The molecule has 14 nitrogen and oxygen atoms in total. The van der Waals surface area contributed by atoms with E-state index in [4.69, 9.17) is 23.7 Å². The van der Waals surface area contributed by atoms with Crippen molar-refractivity contribution in [2.45, 2.75) is 151 Å². The standard InChI is InChI=1S/C35H54O14/c1-15-25(39)28(42)30(49-31-29(43)27(41)26(40)22(13-36)48-31)32(46-15)47-18-11-17-4-5-21-20(34(17,3)23(37)12-18)6-8-33(2)19(7-9-35(21,33)44)16-10-24(38)45-14-16/h10,15,17-23,25-32,36-37,39-44H,4-9,11-14H2,1-3H3/t15-,17+,18+,19-,20-,21+,22+,23+,25-,26+,27-,28+,29+,30+,31-,32-,33+,34-,35-/m0/s1. The van der Waals surface area contributed by atoms with Crippen LogP contribution < -0.4 is 0 Å². The number of hydrogen-bond acceptors (Lipinski definition) is 14. The van der Waals surface area contributed by atoms with Gasteiger partial charge in [-0.1, -0.05) is 13.8 Å². The van der Waals surface area contributed by atoms with Crippen LogP contribution in [0.5, 0.6) is 0 Å². The topological polar surface area (TPSA) is 225 Å². The molecule has 0 aromatic heterocycles. The molecule has 19 atom stereocenters. The molecule has 0 bridgehead atoms. The highest BCUT2D eigenvalue weighted by Crippen LogP contribution is 2.70. The van der Waals surface area contributed by atoms with Gasteiger partial charge in [0, 0.05) is 17.9 Å². The number of fused-ring (bicyclic) bond motifs is 5. The molecule has 49 heavy (non-hydrogen) atoms. The molecule has 0 aromatic carbocycles. The summed E-state index contributed by atoms with van der Waals surface area (Å²) in [6.45, 7) is 5.51. The third-order valence-electron chi connectivity index (χ3n) is 14.3. The third kappa shape index (κ3) is 5.56. The predicted octanol–water partition coefficient (Wildman–Crippen LogP) is -0.749. The summed E-state index contributed by atoms with van der Waals surface area (Å²) < 4.78 is 29.0. The summed E-state index contributed by atoms with van der Waals surface area (Å²) in [6, 6.07) is 0. The molecule has 0 unspecified atom stereocenters. The highest BCUT2D eigenvalue weighted by Gasteiger charge is 2.69. The van der Waals surface area contributed by atoms with Crippen LogP contribution in [0.3, 0.4) is 0 Å². The molecule has 4 aliphatic carbocycles. The second-order valence-corrected chi connectivity index (χ2v) is 16.4. The zero-order valence-corrected chi connectivity index (χ0v) is 28.4. The molecule has 7 aliphatic rings. The molecule has 14 heteroatoms. The van der Waals surface area contributed by atoms with Crippen molar-refractivity contribution in [1.29, 1.82) is 0 Å². The molecule has 8 N–H and O–H groups in total. The van der Waals surface area contributed by atoms with Crippen molar-refractivity contribution in [2.24, 2.45) is 34.5 Å². The zero-order chi connectivity index (χ0) is 35.2. The number of ether oxygens (including phenoxy) is 5. The van der Waals surface area contributed by atoms with Crippen LogP contribution in [0, 0.1) is 34.5 Å². The van der Waals surface area contributed by atoms with Crippen molar-refractivity contribution in [3.05, 3.63) is 11.6 Å². The van der Waals surface area contributed by atoms with Crippen LogP contribution in [0.2, 0.25) is 0 Å². The maximum Gasteiger partial charge on any atom is 0.331 e. The number of carbonyl (C=O) groups is 1. The van der Waals surface area contributed by atoms with Crippen molar-refractivity contribution in [3.8, 4) is 0 Å². The third-order valence-corrected chi connectivity index (χ3v) is 14.3. The highest BCUT2D eigenvalue weighted by molar-refractivity contribution is 5.85. The van der Waals surface area contributed by atoms with E-state index in [1.165, 1.54) is 0 Å². The van der Waals surface area contributed by atoms with Gasteiger partial charge in [0.1, 0.15) is 49.3 Å². The average molecular weight is 699 g/mol. The second kappa shape index (κ2) is 13.0. The van der Waals surface area contributed by atoms with E-state index in [2.05, 4.69) is 13.8 Å². The second-order valence-electron chi connectivity index (χ2n) is 16.4. The Labute approximate surface area is 285 Å². The van der Waals surface area contributed by atoms with E-state index in [9.17, 15) is 45.6 Å². The number of esters is 1. The molecule has 3 heterocycles. The van der Waals surface area contributed by atoms with Crippen molar-refractivity contribution in [3.63, 3.8) is 0 Å². The van der Waals surface area contributed by atoms with Crippen LogP contribution in [-0.4, -0.2) is 139 Å². The molecule has 4 saturated carbocycles. The van der Waals surface area contributed by atoms with Crippen LogP contribution in [0.4, 0.5) is 0 Å². The Bertz CT molecular complexity index is 1280. The summed E-state index contributed by atoms with van der Waals surface area (Å²) in [5.41, 5.74) is -0.817. The molecule has 2 saturated heterocycles. The fraction of sp³-hybridized carbons (Fsp3) is 0.914. The fourth-order valence-corrected chi connectivity index (χ4v) is 11.3. The van der Waals surface area contributed by atoms with Crippen LogP contribution in [0.1, 0.15) is 72.1 Å². The van der Waals surface area contributed by atoms with Crippen LogP contribution in [-0.2, 0) is 28.5 Å². The van der Waals surface area contributed by atoms with Gasteiger partial charge in [0.25, 0.3) is 0 Å². The first-order chi connectivity index (χ1) is 23.1. The number of aliphatic hydroxyl groups is 8. The highest BCUT2D eigenvalue weighted by atomic mass is 16.8. The van der Waals surface area contributed by atoms with Gasteiger partial charge in [-0.2, -0.15) is 0 Å². The molecule has 0 aromatic rings. The zero-order valence-electron chi connectivity index (χ0n) is 28.4. The number of rotatable bonds is 6. The lowest BCUT2D eigenvalue weighted by Gasteiger charge is -2.64. The molecular formula is C35H54O14. The largest absolute Gasteiger partial charge is 0.458 e. The maximum absolute atomic E-state index is 12.5. The number of hydrogen-bond donors (Lipinski definition) is 8. The minimum atomic E-state index is -1.73. The van der Waals surface area contributed by atoms with E-state index >= 15 is 0 Å². The first-order valence-electron chi connectivity index (χ1n) is 18.0. The van der Waals surface area contributed by atoms with Crippen LogP contribution >= 0.6 is 0 Å². The Morgan fingerprint density at radius 2 is 1.59 bits per heavy atom. The first kappa shape index (κ1) is 36.1. The lowest BCUT2D eigenvalue weighted by Crippen LogP contribution is -2.66. The number of carbonyl (C=O) groups excluding carboxylic acids is 1. The number of cyclic esters (lactones) is 1. The van der Waals surface area contributed by atoms with E-state index in [-0.39, 0.29) is 42.7 Å². The Morgan fingerprint density at radius 1 is 0.837 bits per heavy atom. The summed E-state index contributed by atoms with van der Waals surface area (Å²) in [6.07, 6.45) is -8.43. The number of aliphatic hydroxyl groups excluding tert-OH is 7. The maximum atomic E-state index is 12.5. The van der Waals surface area contributed by atoms with Gasteiger partial charge in [-0.3, -0.25) is 0 Å². The Hall–Kier alpha value is -1.27. The molecular weight excluding hydrogens is 644 g/mol. The summed E-state index contributed by atoms with van der Waals surface area (Å²) in [5, 5.41) is 86.8. The predicted molar refractivity (Wildman–Crippen MR) is 167 cm³/mol. The molecule has 7 rings (SSSR count). The lowest BCUT2D eigenvalue weighted by atomic mass is 9.42. The quantitative estimate of drug-likeness (QED) is 0.126. The minimum absolute atomic E-state index is 0.00118. The summed E-state index contributed by atoms with van der Waals surface area (Å²) in [7, 11) is 0. The molecule has 6 fully saturated rings. The Morgan fingerprint density at radius 3 is 2.29 bits per heavy atom. The van der Waals surface area contributed by atoms with Gasteiger partial charge >= 0.3 is 5.97 Å². The summed E-state index contributed by atoms with van der Waals surface area (Å²) in [5.74, 6) is -0.0892. The van der Waals surface area contributed by atoms with Gasteiger partial charge < -0.3 is 64.5 Å². The van der Waals surface area contributed by atoms with Gasteiger partial charge in [0.2, 0.25) is 0 Å². The summed E-state index contributed by atoms with van der Waals surface area (Å²) in [4.78, 5) is 11.9. The lowest BCUT2D eigenvalue weighted by molar-refractivity contribution is -0.371. The van der Waals surface area contributed by atoms with Crippen LogP contribution in [0.25, 0.3) is 0 Å². The normalized spacial score (nSPS) is 56.0. The average Bonchev–Trinajstić information content (AvgIpc) is 3.61. The molecule has 3 aliphatic heterocycles. The van der Waals surface area contributed by atoms with E-state index < -0.39 is 96.7 Å². The summed E-state index contributed by atoms with van der Waals surface area (Å²) >= 11 is 0. The van der Waals surface area contributed by atoms with E-state index in [1.807, 2.05) is 0 Å². The van der Waals surface area contributed by atoms with E-state index in [0.29, 0.717) is 12.8 Å². The monoisotopic (exact) mass is 698 g/mol. The van der Waals surface area contributed by atoms with Gasteiger partial charge in [0.15, 0.2) is 12.6 Å². The van der Waals surface area contributed by atoms with Crippen molar-refractivity contribution >= 4 is 5.97 Å². The first-order valence-corrected chi connectivity index (χ1v) is 18.0. The van der Waals surface area contributed by atoms with Crippen molar-refractivity contribution < 1.29 is 69.3 Å². The molecule has 0 spiro atoms. The Kier molecular flexibility index (Phi) is 9.57. The molecule has 0 radical (unpaired) electrons.